The molecule has 0 fully saturated rings. The van der Waals surface area contributed by atoms with Crippen molar-refractivity contribution >= 4 is 11.7 Å². The van der Waals surface area contributed by atoms with Gasteiger partial charge in [-0.25, -0.2) is 4.79 Å². The lowest BCUT2D eigenvalue weighted by molar-refractivity contribution is -0.138. The number of carbonyl (C=O) groups is 1. The van der Waals surface area contributed by atoms with Gasteiger partial charge in [0.25, 0.3) is 0 Å². The Bertz CT molecular complexity index is 682. The quantitative estimate of drug-likeness (QED) is 0.884. The Morgan fingerprint density at radius 1 is 1.14 bits per heavy atom. The molecule has 0 saturated carbocycles. The van der Waals surface area contributed by atoms with Crippen molar-refractivity contribution in [3.8, 4) is 5.75 Å². The summed E-state index contributed by atoms with van der Waals surface area (Å²) in [6.45, 7) is 6.28. The van der Waals surface area contributed by atoms with E-state index in [2.05, 4.69) is 0 Å². The average molecular weight is 299 g/mol. The van der Waals surface area contributed by atoms with Crippen LogP contribution in [0.15, 0.2) is 42.5 Å². The van der Waals surface area contributed by atoms with Gasteiger partial charge in [-0.15, -0.1) is 0 Å². The second-order valence-electron chi connectivity index (χ2n) is 5.43. The molecular formula is C18H21NO3. The van der Waals surface area contributed by atoms with E-state index in [1.165, 1.54) is 0 Å². The molecule has 2 rings (SSSR count). The second-order valence-corrected chi connectivity index (χ2v) is 5.43. The van der Waals surface area contributed by atoms with Gasteiger partial charge < -0.3 is 15.1 Å². The number of phenols is 1. The summed E-state index contributed by atoms with van der Waals surface area (Å²) in [4.78, 5) is 13.7. The average Bonchev–Trinajstić information content (AvgIpc) is 2.47. The van der Waals surface area contributed by atoms with Crippen molar-refractivity contribution < 1.29 is 15.0 Å². The SMILES string of the molecule is CCN(c1cccc(C)c1)C(C(=O)O)c1cc(C)ccc1O. The molecule has 1 unspecified atom stereocenters. The molecule has 0 aliphatic heterocycles. The number of likely N-dealkylation sites (N-methyl/N-ethyl adjacent to an activating group) is 1. The first-order chi connectivity index (χ1) is 10.4. The molecule has 0 aliphatic carbocycles. The first kappa shape index (κ1) is 15.9. The molecule has 0 saturated heterocycles. The third-order valence-corrected chi connectivity index (χ3v) is 3.70. The minimum atomic E-state index is -0.982. The molecule has 0 heterocycles. The highest BCUT2D eigenvalue weighted by Gasteiger charge is 2.29. The van der Waals surface area contributed by atoms with E-state index < -0.39 is 12.0 Å². The van der Waals surface area contributed by atoms with Gasteiger partial charge >= 0.3 is 5.97 Å². The minimum Gasteiger partial charge on any atom is -0.508 e. The Morgan fingerprint density at radius 2 is 1.82 bits per heavy atom. The highest BCUT2D eigenvalue weighted by atomic mass is 16.4. The molecule has 2 aromatic rings. The molecule has 22 heavy (non-hydrogen) atoms. The van der Waals surface area contributed by atoms with Gasteiger partial charge in [0.1, 0.15) is 5.75 Å². The molecule has 1 atom stereocenters. The van der Waals surface area contributed by atoms with Gasteiger partial charge in [0.2, 0.25) is 0 Å². The van der Waals surface area contributed by atoms with E-state index in [0.717, 1.165) is 16.8 Å². The predicted octanol–water partition coefficient (Wildman–Crippen LogP) is 3.66. The molecule has 2 aromatic carbocycles. The summed E-state index contributed by atoms with van der Waals surface area (Å²) in [5.41, 5.74) is 3.22. The highest BCUT2D eigenvalue weighted by Crippen LogP contribution is 2.33. The number of hydrogen-bond acceptors (Lipinski definition) is 3. The van der Waals surface area contributed by atoms with Gasteiger partial charge in [-0.05, 0) is 50.6 Å². The van der Waals surface area contributed by atoms with Crippen LogP contribution in [0, 0.1) is 13.8 Å². The predicted molar refractivity (Wildman–Crippen MR) is 87.4 cm³/mol. The number of carboxylic acids is 1. The molecule has 0 aromatic heterocycles. The maximum absolute atomic E-state index is 11.9. The Labute approximate surface area is 130 Å². The fourth-order valence-electron chi connectivity index (χ4n) is 2.65. The van der Waals surface area contributed by atoms with Gasteiger partial charge in [-0.2, -0.15) is 0 Å². The second kappa shape index (κ2) is 6.52. The summed E-state index contributed by atoms with van der Waals surface area (Å²) in [6.07, 6.45) is 0. The van der Waals surface area contributed by atoms with E-state index in [0.29, 0.717) is 12.1 Å². The van der Waals surface area contributed by atoms with E-state index in [-0.39, 0.29) is 5.75 Å². The lowest BCUT2D eigenvalue weighted by Gasteiger charge is -2.31. The van der Waals surface area contributed by atoms with E-state index in [4.69, 9.17) is 0 Å². The van der Waals surface area contributed by atoms with E-state index in [1.807, 2.05) is 45.0 Å². The summed E-state index contributed by atoms with van der Waals surface area (Å²) in [5, 5.41) is 19.8. The van der Waals surface area contributed by atoms with E-state index >= 15 is 0 Å². The minimum absolute atomic E-state index is 0.00380. The first-order valence-corrected chi connectivity index (χ1v) is 7.29. The molecule has 2 N–H and O–H groups in total. The van der Waals surface area contributed by atoms with E-state index in [9.17, 15) is 15.0 Å². The van der Waals surface area contributed by atoms with Crippen LogP contribution in [0.3, 0.4) is 0 Å². The fraction of sp³-hybridized carbons (Fsp3) is 0.278. The largest absolute Gasteiger partial charge is 0.508 e. The van der Waals surface area contributed by atoms with Gasteiger partial charge in [0.05, 0.1) is 0 Å². The van der Waals surface area contributed by atoms with Gasteiger partial charge in [-0.3, -0.25) is 0 Å². The molecule has 0 aliphatic rings. The van der Waals surface area contributed by atoms with Crippen molar-refractivity contribution in [1.82, 2.24) is 0 Å². The number of carboxylic acid groups (broad SMARTS) is 1. The zero-order valence-corrected chi connectivity index (χ0v) is 13.1. The number of rotatable bonds is 5. The van der Waals surface area contributed by atoms with Crippen molar-refractivity contribution in [3.05, 3.63) is 59.2 Å². The molecule has 0 amide bonds. The van der Waals surface area contributed by atoms with Crippen molar-refractivity contribution in [3.63, 3.8) is 0 Å². The van der Waals surface area contributed by atoms with Crippen molar-refractivity contribution in [2.45, 2.75) is 26.8 Å². The van der Waals surface area contributed by atoms with Crippen LogP contribution in [0.5, 0.6) is 5.75 Å². The first-order valence-electron chi connectivity index (χ1n) is 7.29. The topological polar surface area (TPSA) is 60.8 Å². The maximum atomic E-state index is 11.9. The Balaban J connectivity index is 2.54. The molecule has 4 heteroatoms. The molecule has 116 valence electrons. The third-order valence-electron chi connectivity index (χ3n) is 3.70. The summed E-state index contributed by atoms with van der Waals surface area (Å²) < 4.78 is 0. The maximum Gasteiger partial charge on any atom is 0.331 e. The Morgan fingerprint density at radius 3 is 2.41 bits per heavy atom. The van der Waals surface area contributed by atoms with E-state index in [1.54, 1.807) is 23.1 Å². The summed E-state index contributed by atoms with van der Waals surface area (Å²) >= 11 is 0. The number of aromatic hydroxyl groups is 1. The Hall–Kier alpha value is -2.49. The van der Waals surface area contributed by atoms with Crippen LogP contribution in [0.25, 0.3) is 0 Å². The molecular weight excluding hydrogens is 278 g/mol. The zero-order chi connectivity index (χ0) is 16.3. The normalized spacial score (nSPS) is 12.0. The number of benzene rings is 2. The van der Waals surface area contributed by atoms with Crippen molar-refractivity contribution in [2.75, 3.05) is 11.4 Å². The lowest BCUT2D eigenvalue weighted by atomic mass is 10.0. The number of hydrogen-bond donors (Lipinski definition) is 2. The smallest absolute Gasteiger partial charge is 0.331 e. The van der Waals surface area contributed by atoms with Crippen molar-refractivity contribution in [2.24, 2.45) is 0 Å². The Kier molecular flexibility index (Phi) is 4.71. The van der Waals surface area contributed by atoms with Crippen LogP contribution < -0.4 is 4.90 Å². The number of anilines is 1. The monoisotopic (exact) mass is 299 g/mol. The van der Waals surface area contributed by atoms with Crippen LogP contribution in [-0.2, 0) is 4.79 Å². The standard InChI is InChI=1S/C18H21NO3/c1-4-19(14-7-5-6-12(2)10-14)17(18(21)22)15-11-13(3)8-9-16(15)20/h5-11,17,20H,4H2,1-3H3,(H,21,22). The van der Waals surface area contributed by atoms with Gasteiger partial charge in [0.15, 0.2) is 6.04 Å². The molecule has 0 radical (unpaired) electrons. The summed E-state index contributed by atoms with van der Waals surface area (Å²) in [7, 11) is 0. The van der Waals surface area contributed by atoms with Crippen molar-refractivity contribution in [1.29, 1.82) is 0 Å². The lowest BCUT2D eigenvalue weighted by Crippen LogP contribution is -2.34. The zero-order valence-electron chi connectivity index (χ0n) is 13.1. The highest BCUT2D eigenvalue weighted by molar-refractivity contribution is 5.81. The third kappa shape index (κ3) is 3.22. The summed E-state index contributed by atoms with van der Waals surface area (Å²) in [5.74, 6) is -0.978. The van der Waals surface area contributed by atoms with Crippen LogP contribution >= 0.6 is 0 Å². The molecule has 0 bridgehead atoms. The number of aryl methyl sites for hydroxylation is 2. The molecule has 4 nitrogen and oxygen atoms in total. The number of aliphatic carboxylic acids is 1. The fourth-order valence-corrected chi connectivity index (χ4v) is 2.65. The summed E-state index contributed by atoms with van der Waals surface area (Å²) in [6, 6.07) is 11.8. The number of phenolic OH excluding ortho intramolecular Hbond substituents is 1. The van der Waals surface area contributed by atoms with Gasteiger partial charge in [0, 0.05) is 17.8 Å². The van der Waals surface area contributed by atoms with Crippen LogP contribution in [0.4, 0.5) is 5.69 Å². The van der Waals surface area contributed by atoms with Crippen LogP contribution in [-0.4, -0.2) is 22.7 Å². The van der Waals surface area contributed by atoms with Gasteiger partial charge in [-0.1, -0.05) is 23.8 Å². The van der Waals surface area contributed by atoms with Crippen LogP contribution in [0.1, 0.15) is 29.7 Å². The number of nitrogens with zero attached hydrogens (tertiary/aromatic N) is 1. The molecule has 0 spiro atoms. The van der Waals surface area contributed by atoms with Crippen LogP contribution in [0.2, 0.25) is 0 Å².